The first kappa shape index (κ1) is 13.4. The topological polar surface area (TPSA) is 29.5 Å². The van der Waals surface area contributed by atoms with E-state index in [4.69, 9.17) is 16.3 Å². The van der Waals surface area contributed by atoms with Crippen LogP contribution in [0.2, 0.25) is 5.02 Å². The molecule has 2 aromatic rings. The van der Waals surface area contributed by atoms with Gasteiger partial charge < -0.3 is 9.84 Å². The van der Waals surface area contributed by atoms with E-state index in [-0.39, 0.29) is 11.7 Å². The second kappa shape index (κ2) is 5.43. The highest BCUT2D eigenvalue weighted by Gasteiger charge is 2.30. The average Bonchev–Trinajstić information content (AvgIpc) is 2.86. The van der Waals surface area contributed by atoms with Gasteiger partial charge >= 0.3 is 0 Å². The van der Waals surface area contributed by atoms with Crippen LogP contribution in [0.15, 0.2) is 42.5 Å². The lowest BCUT2D eigenvalue weighted by atomic mass is 9.91. The van der Waals surface area contributed by atoms with E-state index < -0.39 is 6.10 Å². The second-order valence-corrected chi connectivity index (χ2v) is 5.37. The van der Waals surface area contributed by atoms with Crippen LogP contribution >= 0.6 is 11.6 Å². The number of halogens is 2. The van der Waals surface area contributed by atoms with Crippen LogP contribution in [0.5, 0.6) is 5.75 Å². The fourth-order valence-corrected chi connectivity index (χ4v) is 2.81. The maximum Gasteiger partial charge on any atom is 0.124 e. The third-order valence-electron chi connectivity index (χ3n) is 3.65. The van der Waals surface area contributed by atoms with E-state index in [2.05, 4.69) is 0 Å². The highest BCUT2D eigenvalue weighted by molar-refractivity contribution is 6.31. The predicted molar refractivity (Wildman–Crippen MR) is 75.8 cm³/mol. The van der Waals surface area contributed by atoms with Crippen LogP contribution in [0.1, 0.15) is 17.0 Å². The Morgan fingerprint density at radius 1 is 1.30 bits per heavy atom. The molecule has 2 aromatic carbocycles. The van der Waals surface area contributed by atoms with Crippen LogP contribution < -0.4 is 4.74 Å². The molecule has 0 spiro atoms. The maximum atomic E-state index is 13.0. The van der Waals surface area contributed by atoms with Gasteiger partial charge in [-0.1, -0.05) is 35.9 Å². The zero-order valence-corrected chi connectivity index (χ0v) is 11.5. The molecule has 1 aliphatic rings. The van der Waals surface area contributed by atoms with E-state index in [1.54, 1.807) is 6.07 Å². The summed E-state index contributed by atoms with van der Waals surface area (Å²) in [5.74, 6) is 0.372. The van der Waals surface area contributed by atoms with Crippen molar-refractivity contribution in [3.63, 3.8) is 0 Å². The first-order valence-corrected chi connectivity index (χ1v) is 6.86. The Kier molecular flexibility index (Phi) is 3.64. The van der Waals surface area contributed by atoms with E-state index >= 15 is 0 Å². The zero-order chi connectivity index (χ0) is 14.1. The number of rotatable bonds is 3. The van der Waals surface area contributed by atoms with Crippen molar-refractivity contribution in [2.75, 3.05) is 6.61 Å². The number of hydrogen-bond acceptors (Lipinski definition) is 2. The number of benzene rings is 2. The Labute approximate surface area is 121 Å². The van der Waals surface area contributed by atoms with Gasteiger partial charge in [-0.05, 0) is 23.8 Å². The summed E-state index contributed by atoms with van der Waals surface area (Å²) in [6.07, 6.45) is -0.233. The van der Waals surface area contributed by atoms with Crippen LogP contribution in [0.4, 0.5) is 4.39 Å². The SMILES string of the molecule is OC(Cc1ccc(F)cc1Cl)C1COc2ccccc21. The van der Waals surface area contributed by atoms with Gasteiger partial charge in [-0.15, -0.1) is 0 Å². The van der Waals surface area contributed by atoms with Gasteiger partial charge in [0.25, 0.3) is 0 Å². The third kappa shape index (κ3) is 2.51. The normalized spacial score (nSPS) is 18.4. The van der Waals surface area contributed by atoms with Gasteiger partial charge in [-0.3, -0.25) is 0 Å². The largest absolute Gasteiger partial charge is 0.493 e. The number of aliphatic hydroxyl groups is 1. The molecule has 0 saturated carbocycles. The minimum Gasteiger partial charge on any atom is -0.493 e. The van der Waals surface area contributed by atoms with E-state index in [0.29, 0.717) is 18.1 Å². The van der Waals surface area contributed by atoms with Gasteiger partial charge in [-0.25, -0.2) is 4.39 Å². The van der Waals surface area contributed by atoms with Gasteiger partial charge in [0.2, 0.25) is 0 Å². The van der Waals surface area contributed by atoms with Gasteiger partial charge in [0, 0.05) is 22.9 Å². The molecule has 0 saturated heterocycles. The Morgan fingerprint density at radius 2 is 2.10 bits per heavy atom. The van der Waals surface area contributed by atoms with Gasteiger partial charge in [0.05, 0.1) is 12.7 Å². The number of ether oxygens (including phenoxy) is 1. The Hall–Kier alpha value is -1.58. The van der Waals surface area contributed by atoms with Crippen molar-refractivity contribution in [2.45, 2.75) is 18.4 Å². The maximum absolute atomic E-state index is 13.0. The van der Waals surface area contributed by atoms with Crippen molar-refractivity contribution >= 4 is 11.6 Å². The van der Waals surface area contributed by atoms with Crippen molar-refractivity contribution in [1.82, 2.24) is 0 Å². The van der Waals surface area contributed by atoms with Crippen LogP contribution in [0, 0.1) is 5.82 Å². The summed E-state index contributed by atoms with van der Waals surface area (Å²) in [4.78, 5) is 0. The van der Waals surface area contributed by atoms with Gasteiger partial charge in [-0.2, -0.15) is 0 Å². The van der Waals surface area contributed by atoms with E-state index in [1.165, 1.54) is 12.1 Å². The molecule has 4 heteroatoms. The van der Waals surface area contributed by atoms with Crippen LogP contribution in [-0.2, 0) is 6.42 Å². The summed E-state index contributed by atoms with van der Waals surface area (Å²) in [5, 5.41) is 10.8. The van der Waals surface area contributed by atoms with Crippen molar-refractivity contribution < 1.29 is 14.2 Å². The number of aliphatic hydroxyl groups excluding tert-OH is 1. The summed E-state index contributed by atoms with van der Waals surface area (Å²) >= 11 is 6.00. The molecular formula is C16H14ClFO2. The summed E-state index contributed by atoms with van der Waals surface area (Å²) in [5.41, 5.74) is 1.75. The molecule has 0 aromatic heterocycles. The molecular weight excluding hydrogens is 279 g/mol. The molecule has 2 unspecified atom stereocenters. The fourth-order valence-electron chi connectivity index (χ4n) is 2.56. The molecule has 2 atom stereocenters. The molecule has 1 heterocycles. The minimum absolute atomic E-state index is 0.0766. The molecule has 0 fully saturated rings. The Balaban J connectivity index is 1.79. The number of fused-ring (bicyclic) bond motifs is 1. The zero-order valence-electron chi connectivity index (χ0n) is 10.7. The van der Waals surface area contributed by atoms with Crippen molar-refractivity contribution in [3.05, 3.63) is 64.4 Å². The summed E-state index contributed by atoms with van der Waals surface area (Å²) < 4.78 is 18.6. The average molecular weight is 293 g/mol. The highest BCUT2D eigenvalue weighted by Crippen LogP contribution is 2.36. The summed E-state index contributed by atoms with van der Waals surface area (Å²) in [6, 6.07) is 11.9. The number of hydrogen-bond donors (Lipinski definition) is 1. The first-order chi connectivity index (χ1) is 9.65. The molecule has 20 heavy (non-hydrogen) atoms. The lowest BCUT2D eigenvalue weighted by Crippen LogP contribution is -2.22. The smallest absolute Gasteiger partial charge is 0.124 e. The molecule has 0 aliphatic carbocycles. The molecule has 1 N–H and O–H groups in total. The predicted octanol–water partition coefficient (Wildman–Crippen LogP) is 3.56. The van der Waals surface area contributed by atoms with Crippen molar-refractivity contribution in [1.29, 1.82) is 0 Å². The van der Waals surface area contributed by atoms with Crippen molar-refractivity contribution in [2.24, 2.45) is 0 Å². The Morgan fingerprint density at radius 3 is 2.90 bits per heavy atom. The summed E-state index contributed by atoms with van der Waals surface area (Å²) in [6.45, 7) is 0.458. The molecule has 0 bridgehead atoms. The number of para-hydroxylation sites is 1. The third-order valence-corrected chi connectivity index (χ3v) is 4.00. The Bertz CT molecular complexity index is 630. The molecule has 2 nitrogen and oxygen atoms in total. The van der Waals surface area contributed by atoms with E-state index in [1.807, 2.05) is 24.3 Å². The van der Waals surface area contributed by atoms with Gasteiger partial charge in [0.1, 0.15) is 11.6 Å². The molecule has 0 radical (unpaired) electrons. The molecule has 104 valence electrons. The highest BCUT2D eigenvalue weighted by atomic mass is 35.5. The first-order valence-electron chi connectivity index (χ1n) is 6.49. The monoisotopic (exact) mass is 292 g/mol. The molecule has 3 rings (SSSR count). The van der Waals surface area contributed by atoms with Crippen molar-refractivity contribution in [3.8, 4) is 5.75 Å². The lowest BCUT2D eigenvalue weighted by molar-refractivity contribution is 0.129. The second-order valence-electron chi connectivity index (χ2n) is 4.96. The quantitative estimate of drug-likeness (QED) is 0.937. The van der Waals surface area contributed by atoms with E-state index in [0.717, 1.165) is 16.9 Å². The standard InChI is InChI=1S/C16H14ClFO2/c17-14-8-11(18)6-5-10(14)7-15(19)13-9-20-16-4-2-1-3-12(13)16/h1-6,8,13,15,19H,7,9H2. The van der Waals surface area contributed by atoms with E-state index in [9.17, 15) is 9.50 Å². The molecule has 0 amide bonds. The minimum atomic E-state index is -0.610. The van der Waals surface area contributed by atoms with Crippen LogP contribution in [0.25, 0.3) is 0 Å². The molecule has 1 aliphatic heterocycles. The summed E-state index contributed by atoms with van der Waals surface area (Å²) in [7, 11) is 0. The fraction of sp³-hybridized carbons (Fsp3) is 0.250. The lowest BCUT2D eigenvalue weighted by Gasteiger charge is -2.18. The van der Waals surface area contributed by atoms with Crippen LogP contribution in [-0.4, -0.2) is 17.8 Å². The van der Waals surface area contributed by atoms with Crippen LogP contribution in [0.3, 0.4) is 0 Å². The van der Waals surface area contributed by atoms with Gasteiger partial charge in [0.15, 0.2) is 0 Å².